The summed E-state index contributed by atoms with van der Waals surface area (Å²) in [4.78, 5) is 9.22. The predicted molar refractivity (Wildman–Crippen MR) is 132 cm³/mol. The number of aromatic nitrogens is 6. The highest BCUT2D eigenvalue weighted by molar-refractivity contribution is 7.89. The van der Waals surface area contributed by atoms with E-state index in [0.717, 1.165) is 36.0 Å². The van der Waals surface area contributed by atoms with Crippen molar-refractivity contribution in [2.75, 3.05) is 6.26 Å². The van der Waals surface area contributed by atoms with Crippen molar-refractivity contribution in [1.29, 1.82) is 0 Å². The Labute approximate surface area is 212 Å². The summed E-state index contributed by atoms with van der Waals surface area (Å²) in [7, 11) is -3.34. The van der Waals surface area contributed by atoms with Crippen molar-refractivity contribution in [2.45, 2.75) is 43.9 Å². The average molecular weight is 523 g/mol. The molecule has 8 nitrogen and oxygen atoms in total. The van der Waals surface area contributed by atoms with Gasteiger partial charge >= 0.3 is 0 Å². The van der Waals surface area contributed by atoms with Crippen LogP contribution in [0, 0.1) is 17.0 Å². The van der Waals surface area contributed by atoms with Gasteiger partial charge in [-0.15, -0.1) is 5.10 Å². The van der Waals surface area contributed by atoms with Crippen molar-refractivity contribution in [3.8, 4) is 22.8 Å². The third-order valence-corrected chi connectivity index (χ3v) is 8.70. The van der Waals surface area contributed by atoms with Crippen LogP contribution in [0.15, 0.2) is 48.8 Å². The monoisotopic (exact) mass is 522 g/mol. The van der Waals surface area contributed by atoms with Gasteiger partial charge in [-0.1, -0.05) is 26.0 Å². The zero-order valence-corrected chi connectivity index (χ0v) is 21.3. The average Bonchev–Trinajstić information content (AvgIpc) is 3.45. The van der Waals surface area contributed by atoms with Crippen LogP contribution in [0.3, 0.4) is 0 Å². The minimum atomic E-state index is -3.34. The SMILES string of the molecule is CC1(C)[C@H]2CC[C@@]1(c1cccc(-c3ncnn3CS(C)(=O)=O)n1)c1nnc(-c3c(F)cccc3F)cc12. The predicted octanol–water partition coefficient (Wildman–Crippen LogP) is 4.28. The lowest BCUT2D eigenvalue weighted by atomic mass is 9.66. The Morgan fingerprint density at radius 2 is 1.78 bits per heavy atom. The maximum Gasteiger partial charge on any atom is 0.177 e. The van der Waals surface area contributed by atoms with Gasteiger partial charge in [0.25, 0.3) is 0 Å². The Bertz CT molecular complexity index is 1650. The molecule has 1 aromatic carbocycles. The van der Waals surface area contributed by atoms with E-state index in [9.17, 15) is 17.2 Å². The maximum atomic E-state index is 14.5. The number of nitrogens with zero attached hydrogens (tertiary/aromatic N) is 6. The molecule has 0 unspecified atom stereocenters. The maximum absolute atomic E-state index is 14.5. The van der Waals surface area contributed by atoms with E-state index in [2.05, 4.69) is 34.1 Å². The number of pyridine rings is 1. The van der Waals surface area contributed by atoms with Crippen molar-refractivity contribution in [1.82, 2.24) is 29.9 Å². The van der Waals surface area contributed by atoms with Crippen LogP contribution in [-0.4, -0.2) is 44.6 Å². The first-order chi connectivity index (χ1) is 17.5. The van der Waals surface area contributed by atoms with E-state index in [1.165, 1.54) is 29.2 Å². The molecule has 2 bridgehead atoms. The molecule has 11 heteroatoms. The topological polar surface area (TPSA) is 104 Å². The molecule has 190 valence electrons. The highest BCUT2D eigenvalue weighted by Gasteiger charge is 2.65. The highest BCUT2D eigenvalue weighted by Crippen LogP contribution is 2.69. The van der Waals surface area contributed by atoms with Crippen LogP contribution in [-0.2, 0) is 21.1 Å². The zero-order valence-electron chi connectivity index (χ0n) is 20.5. The smallest absolute Gasteiger partial charge is 0.177 e. The van der Waals surface area contributed by atoms with E-state index < -0.39 is 26.9 Å². The molecule has 2 aliphatic carbocycles. The largest absolute Gasteiger partial charge is 0.248 e. The quantitative estimate of drug-likeness (QED) is 0.385. The summed E-state index contributed by atoms with van der Waals surface area (Å²) in [5.74, 6) is -1.22. The van der Waals surface area contributed by atoms with Crippen LogP contribution >= 0.6 is 0 Å². The summed E-state index contributed by atoms with van der Waals surface area (Å²) < 4.78 is 54.1. The number of halogens is 2. The summed E-state index contributed by atoms with van der Waals surface area (Å²) in [6.07, 6.45) is 4.09. The summed E-state index contributed by atoms with van der Waals surface area (Å²) in [6.45, 7) is 4.33. The Balaban J connectivity index is 1.49. The molecule has 0 aliphatic heterocycles. The molecule has 6 rings (SSSR count). The van der Waals surface area contributed by atoms with E-state index in [0.29, 0.717) is 11.5 Å². The van der Waals surface area contributed by atoms with Crippen LogP contribution < -0.4 is 0 Å². The second-order valence-corrected chi connectivity index (χ2v) is 12.5. The molecule has 37 heavy (non-hydrogen) atoms. The molecule has 0 amide bonds. The van der Waals surface area contributed by atoms with Crippen LogP contribution in [0.1, 0.15) is 49.6 Å². The molecule has 0 spiro atoms. The van der Waals surface area contributed by atoms with E-state index >= 15 is 0 Å². The summed E-state index contributed by atoms with van der Waals surface area (Å²) in [6, 6.07) is 11.1. The molecule has 1 saturated carbocycles. The van der Waals surface area contributed by atoms with Crippen molar-refractivity contribution in [3.63, 3.8) is 0 Å². The van der Waals surface area contributed by atoms with Crippen molar-refractivity contribution in [3.05, 3.63) is 77.4 Å². The van der Waals surface area contributed by atoms with Gasteiger partial charge in [0.2, 0.25) is 0 Å². The molecule has 2 atom stereocenters. The van der Waals surface area contributed by atoms with E-state index in [-0.39, 0.29) is 28.5 Å². The van der Waals surface area contributed by atoms with Gasteiger partial charge in [-0.25, -0.2) is 31.8 Å². The minimum absolute atomic E-state index is 0.103. The first-order valence-electron chi connectivity index (χ1n) is 11.9. The van der Waals surface area contributed by atoms with Crippen LogP contribution in [0.4, 0.5) is 8.78 Å². The van der Waals surface area contributed by atoms with Gasteiger partial charge in [0.15, 0.2) is 15.7 Å². The van der Waals surface area contributed by atoms with Gasteiger partial charge in [0.05, 0.1) is 28.1 Å². The van der Waals surface area contributed by atoms with Crippen LogP contribution in [0.5, 0.6) is 0 Å². The summed E-state index contributed by atoms with van der Waals surface area (Å²) in [5.41, 5.74) is 2.06. The van der Waals surface area contributed by atoms with Crippen LogP contribution in [0.2, 0.25) is 0 Å². The van der Waals surface area contributed by atoms with Gasteiger partial charge in [-0.3, -0.25) is 0 Å². The standard InChI is InChI=1S/C26H24F2N6O2S/c1-25(2)16-10-11-26(25,23-15(16)12-20(32-33-23)22-17(27)6-4-7-18(22)28)21-9-5-8-19(31-21)24-29-13-30-34(24)14-37(3,35)36/h4-9,12-13,16H,10-11,14H2,1-3H3/t16-,26+/m0/s1. The third kappa shape index (κ3) is 3.43. The molecule has 0 N–H and O–H groups in total. The number of fused-ring (bicyclic) bond motifs is 5. The molecule has 0 radical (unpaired) electrons. The molecule has 4 aromatic rings. The lowest BCUT2D eigenvalue weighted by Gasteiger charge is -2.37. The second kappa shape index (κ2) is 7.95. The molecular formula is C26H24F2N6O2S. The fourth-order valence-electron chi connectivity index (χ4n) is 6.33. The van der Waals surface area contributed by atoms with Crippen molar-refractivity contribution < 1.29 is 17.2 Å². The Kier molecular flexibility index (Phi) is 5.11. The van der Waals surface area contributed by atoms with Gasteiger partial charge in [0.1, 0.15) is 29.5 Å². The number of sulfone groups is 1. The van der Waals surface area contributed by atoms with Crippen molar-refractivity contribution in [2.24, 2.45) is 5.41 Å². The van der Waals surface area contributed by atoms with Gasteiger partial charge < -0.3 is 0 Å². The van der Waals surface area contributed by atoms with Gasteiger partial charge in [-0.05, 0) is 60.1 Å². The lowest BCUT2D eigenvalue weighted by molar-refractivity contribution is 0.243. The lowest BCUT2D eigenvalue weighted by Crippen LogP contribution is -2.37. The molecule has 1 fully saturated rings. The minimum Gasteiger partial charge on any atom is -0.248 e. The highest BCUT2D eigenvalue weighted by atomic mass is 32.2. The second-order valence-electron chi connectivity index (χ2n) is 10.4. The Morgan fingerprint density at radius 3 is 2.51 bits per heavy atom. The number of hydrogen-bond acceptors (Lipinski definition) is 7. The number of rotatable bonds is 5. The molecule has 2 aliphatic rings. The fourth-order valence-corrected chi connectivity index (χ4v) is 6.97. The number of hydrogen-bond donors (Lipinski definition) is 0. The Hall–Kier alpha value is -3.60. The number of benzene rings is 1. The van der Waals surface area contributed by atoms with Gasteiger partial charge in [0, 0.05) is 6.26 Å². The zero-order chi connectivity index (χ0) is 26.2. The van der Waals surface area contributed by atoms with Crippen molar-refractivity contribution >= 4 is 9.84 Å². The molecule has 3 aromatic heterocycles. The normalized spacial score (nSPS) is 21.8. The van der Waals surface area contributed by atoms with Gasteiger partial charge in [-0.2, -0.15) is 10.2 Å². The fraction of sp³-hybridized carbons (Fsp3) is 0.346. The van der Waals surface area contributed by atoms with E-state index in [4.69, 9.17) is 4.98 Å². The molecular weight excluding hydrogens is 498 g/mol. The van der Waals surface area contributed by atoms with E-state index in [1.807, 2.05) is 12.1 Å². The third-order valence-electron chi connectivity index (χ3n) is 7.99. The van der Waals surface area contributed by atoms with E-state index in [1.54, 1.807) is 12.1 Å². The Morgan fingerprint density at radius 1 is 1.05 bits per heavy atom. The first-order valence-corrected chi connectivity index (χ1v) is 13.9. The molecule has 3 heterocycles. The summed E-state index contributed by atoms with van der Waals surface area (Å²) >= 11 is 0. The van der Waals surface area contributed by atoms with Crippen LogP contribution in [0.25, 0.3) is 22.8 Å². The summed E-state index contributed by atoms with van der Waals surface area (Å²) in [5, 5.41) is 12.9. The first kappa shape index (κ1) is 23.8. The molecule has 0 saturated heterocycles.